The number of hydrogen-bond acceptors (Lipinski definition) is 5. The van der Waals surface area contributed by atoms with Gasteiger partial charge in [0.25, 0.3) is 5.91 Å². The number of piperazine rings is 1. The minimum Gasteiger partial charge on any atom is -0.353 e. The number of carbonyl (C=O) groups excluding carboxylic acids is 1. The highest BCUT2D eigenvalue weighted by molar-refractivity contribution is 5.94. The van der Waals surface area contributed by atoms with Crippen LogP contribution in [0.25, 0.3) is 0 Å². The maximum atomic E-state index is 12.4. The van der Waals surface area contributed by atoms with E-state index in [4.69, 9.17) is 0 Å². The van der Waals surface area contributed by atoms with Crippen molar-refractivity contribution in [1.82, 2.24) is 20.6 Å². The lowest BCUT2D eigenvalue weighted by atomic mass is 10.0. The minimum absolute atomic E-state index is 0.109. The summed E-state index contributed by atoms with van der Waals surface area (Å²) >= 11 is 0. The molecule has 1 atom stereocenters. The molecule has 0 bridgehead atoms. The second-order valence-electron chi connectivity index (χ2n) is 7.10. The monoisotopic (exact) mass is 387 g/mol. The van der Waals surface area contributed by atoms with Gasteiger partial charge in [0.15, 0.2) is 0 Å². The summed E-state index contributed by atoms with van der Waals surface area (Å²) in [6.07, 6.45) is 4.13. The first-order chi connectivity index (χ1) is 14.3. The number of carbonyl (C=O) groups is 1. The third kappa shape index (κ3) is 4.97. The summed E-state index contributed by atoms with van der Waals surface area (Å²) in [5.41, 5.74) is 2.82. The fourth-order valence-corrected chi connectivity index (χ4v) is 3.53. The van der Waals surface area contributed by atoms with Crippen LogP contribution >= 0.6 is 0 Å². The lowest BCUT2D eigenvalue weighted by Gasteiger charge is -2.34. The molecule has 1 saturated heterocycles. The fourth-order valence-electron chi connectivity index (χ4n) is 3.53. The molecule has 0 spiro atoms. The van der Waals surface area contributed by atoms with Gasteiger partial charge >= 0.3 is 0 Å². The summed E-state index contributed by atoms with van der Waals surface area (Å²) in [7, 11) is 0. The maximum Gasteiger partial charge on any atom is 0.252 e. The van der Waals surface area contributed by atoms with E-state index in [1.165, 1.54) is 5.56 Å². The average molecular weight is 387 g/mol. The minimum atomic E-state index is -0.109. The number of rotatable bonds is 6. The zero-order chi connectivity index (χ0) is 19.9. The first kappa shape index (κ1) is 19.1. The van der Waals surface area contributed by atoms with Crippen LogP contribution in [0.3, 0.4) is 0 Å². The Balaban J connectivity index is 1.33. The number of pyridine rings is 2. The predicted molar refractivity (Wildman–Crippen MR) is 114 cm³/mol. The van der Waals surface area contributed by atoms with Crippen LogP contribution in [-0.4, -0.2) is 42.1 Å². The number of benzene rings is 1. The molecule has 0 saturated carbocycles. The molecule has 3 aromatic rings. The smallest absolute Gasteiger partial charge is 0.252 e. The van der Waals surface area contributed by atoms with Crippen LogP contribution in [0.1, 0.15) is 27.7 Å². The van der Waals surface area contributed by atoms with Crippen LogP contribution in [0.2, 0.25) is 0 Å². The summed E-state index contributed by atoms with van der Waals surface area (Å²) in [5, 5.41) is 6.50. The number of nitrogens with one attached hydrogen (secondary N) is 2. The van der Waals surface area contributed by atoms with E-state index in [1.54, 1.807) is 12.4 Å². The molecule has 0 aliphatic carbocycles. The highest BCUT2D eigenvalue weighted by Crippen LogP contribution is 2.21. The molecule has 1 aliphatic rings. The number of nitrogens with zero attached hydrogens (tertiary/aromatic N) is 3. The van der Waals surface area contributed by atoms with Gasteiger partial charge in [-0.25, -0.2) is 4.98 Å². The van der Waals surface area contributed by atoms with E-state index in [0.29, 0.717) is 18.5 Å². The van der Waals surface area contributed by atoms with E-state index < -0.39 is 0 Å². The Labute approximate surface area is 171 Å². The van der Waals surface area contributed by atoms with Crippen molar-refractivity contribution < 1.29 is 4.79 Å². The summed E-state index contributed by atoms with van der Waals surface area (Å²) in [5.74, 6) is 0.792. The molecule has 3 heterocycles. The molecule has 6 heteroatoms. The van der Waals surface area contributed by atoms with E-state index in [2.05, 4.69) is 49.8 Å². The Morgan fingerprint density at radius 1 is 1.07 bits per heavy atom. The van der Waals surface area contributed by atoms with Crippen molar-refractivity contribution in [3.05, 3.63) is 89.9 Å². The second kappa shape index (κ2) is 9.30. The van der Waals surface area contributed by atoms with E-state index in [0.717, 1.165) is 31.1 Å². The molecule has 2 N–H and O–H groups in total. The molecule has 29 heavy (non-hydrogen) atoms. The quantitative estimate of drug-likeness (QED) is 0.680. The van der Waals surface area contributed by atoms with Crippen LogP contribution in [0.5, 0.6) is 0 Å². The summed E-state index contributed by atoms with van der Waals surface area (Å²) in [6, 6.07) is 20.3. The summed E-state index contributed by atoms with van der Waals surface area (Å²) in [4.78, 5) is 23.4. The van der Waals surface area contributed by atoms with Crippen molar-refractivity contribution in [2.45, 2.75) is 12.5 Å². The zero-order valence-corrected chi connectivity index (χ0v) is 16.3. The Morgan fingerprint density at radius 3 is 2.69 bits per heavy atom. The second-order valence-corrected chi connectivity index (χ2v) is 7.10. The molecule has 1 fully saturated rings. The van der Waals surface area contributed by atoms with Crippen molar-refractivity contribution in [3.8, 4) is 0 Å². The molecule has 1 amide bonds. The van der Waals surface area contributed by atoms with Gasteiger partial charge in [-0.05, 0) is 29.8 Å². The SMILES string of the molecule is O=C(NCCc1ccccn1)c1ccc(N2CCNC(c3ccccc3)C2)nc1. The highest BCUT2D eigenvalue weighted by Gasteiger charge is 2.21. The van der Waals surface area contributed by atoms with Crippen LogP contribution in [0.4, 0.5) is 5.82 Å². The van der Waals surface area contributed by atoms with Crippen molar-refractivity contribution in [3.63, 3.8) is 0 Å². The van der Waals surface area contributed by atoms with Crippen molar-refractivity contribution in [1.29, 1.82) is 0 Å². The number of hydrogen-bond donors (Lipinski definition) is 2. The van der Waals surface area contributed by atoms with Gasteiger partial charge in [0.05, 0.1) is 5.56 Å². The van der Waals surface area contributed by atoms with Crippen LogP contribution in [0.15, 0.2) is 73.1 Å². The predicted octanol–water partition coefficient (Wildman–Crippen LogP) is 2.60. The van der Waals surface area contributed by atoms with Gasteiger partial charge in [0.2, 0.25) is 0 Å². The topological polar surface area (TPSA) is 70.2 Å². The Kier molecular flexibility index (Phi) is 6.12. The van der Waals surface area contributed by atoms with Gasteiger partial charge in [0.1, 0.15) is 5.82 Å². The number of amides is 1. The van der Waals surface area contributed by atoms with Gasteiger partial charge < -0.3 is 15.5 Å². The normalized spacial score (nSPS) is 16.4. The molecule has 1 aromatic carbocycles. The van der Waals surface area contributed by atoms with Crippen molar-refractivity contribution in [2.24, 2.45) is 0 Å². The zero-order valence-electron chi connectivity index (χ0n) is 16.3. The molecular formula is C23H25N5O. The fraction of sp³-hybridized carbons (Fsp3) is 0.261. The largest absolute Gasteiger partial charge is 0.353 e. The summed E-state index contributed by atoms with van der Waals surface area (Å²) in [6.45, 7) is 3.20. The molecule has 148 valence electrons. The Bertz CT molecular complexity index is 915. The average Bonchev–Trinajstić information content (AvgIpc) is 2.80. The first-order valence-electron chi connectivity index (χ1n) is 9.97. The molecule has 4 rings (SSSR count). The van der Waals surface area contributed by atoms with Gasteiger partial charge in [-0.3, -0.25) is 9.78 Å². The van der Waals surface area contributed by atoms with Crippen LogP contribution < -0.4 is 15.5 Å². The highest BCUT2D eigenvalue weighted by atomic mass is 16.1. The first-order valence-corrected chi connectivity index (χ1v) is 9.97. The third-order valence-corrected chi connectivity index (χ3v) is 5.10. The molecule has 2 aromatic heterocycles. The number of aromatic nitrogens is 2. The maximum absolute atomic E-state index is 12.4. The van der Waals surface area contributed by atoms with E-state index in [1.807, 2.05) is 36.4 Å². The molecule has 0 radical (unpaired) electrons. The van der Waals surface area contributed by atoms with Crippen LogP contribution in [0, 0.1) is 0 Å². The standard InChI is InChI=1S/C23H25N5O/c29-23(26-13-11-20-8-4-5-12-24-20)19-9-10-22(27-16-19)28-15-14-25-21(17-28)18-6-2-1-3-7-18/h1-10,12,16,21,25H,11,13-15,17H2,(H,26,29). The van der Waals surface area contributed by atoms with E-state index in [9.17, 15) is 4.79 Å². The van der Waals surface area contributed by atoms with Crippen molar-refractivity contribution in [2.75, 3.05) is 31.1 Å². The number of anilines is 1. The van der Waals surface area contributed by atoms with Crippen LogP contribution in [-0.2, 0) is 6.42 Å². The third-order valence-electron chi connectivity index (χ3n) is 5.10. The van der Waals surface area contributed by atoms with E-state index in [-0.39, 0.29) is 11.9 Å². The summed E-state index contributed by atoms with van der Waals surface area (Å²) < 4.78 is 0. The van der Waals surface area contributed by atoms with Gasteiger partial charge in [-0.2, -0.15) is 0 Å². The van der Waals surface area contributed by atoms with E-state index >= 15 is 0 Å². The molecular weight excluding hydrogens is 362 g/mol. The Hall–Kier alpha value is -3.25. The molecule has 1 unspecified atom stereocenters. The lowest BCUT2D eigenvalue weighted by molar-refractivity contribution is 0.0953. The molecule has 6 nitrogen and oxygen atoms in total. The molecule has 1 aliphatic heterocycles. The lowest BCUT2D eigenvalue weighted by Crippen LogP contribution is -2.46. The van der Waals surface area contributed by atoms with Gasteiger partial charge in [0, 0.05) is 56.7 Å². The van der Waals surface area contributed by atoms with Gasteiger partial charge in [-0.15, -0.1) is 0 Å². The van der Waals surface area contributed by atoms with Gasteiger partial charge in [-0.1, -0.05) is 36.4 Å². The Morgan fingerprint density at radius 2 is 1.93 bits per heavy atom. The van der Waals surface area contributed by atoms with Crippen molar-refractivity contribution >= 4 is 11.7 Å².